The molecule has 4 nitrogen and oxygen atoms in total. The van der Waals surface area contributed by atoms with E-state index in [0.717, 1.165) is 28.4 Å². The van der Waals surface area contributed by atoms with E-state index in [9.17, 15) is 0 Å². The summed E-state index contributed by atoms with van der Waals surface area (Å²) in [6, 6.07) is 65.5. The molecule has 1 aliphatic rings. The zero-order valence-electron chi connectivity index (χ0n) is 30.6. The highest BCUT2D eigenvalue weighted by atomic mass is 32.1. The van der Waals surface area contributed by atoms with E-state index in [4.69, 9.17) is 9.98 Å². The lowest BCUT2D eigenvalue weighted by Gasteiger charge is -2.23. The summed E-state index contributed by atoms with van der Waals surface area (Å²) in [7, 11) is 0. The van der Waals surface area contributed by atoms with Crippen LogP contribution in [0.1, 0.15) is 22.9 Å². The van der Waals surface area contributed by atoms with Gasteiger partial charge in [-0.05, 0) is 65.2 Å². The minimum Gasteiger partial charge on any atom is -0.344 e. The van der Waals surface area contributed by atoms with E-state index >= 15 is 0 Å². The molecule has 0 saturated heterocycles. The summed E-state index contributed by atoms with van der Waals surface area (Å²) in [5, 5.41) is 11.2. The summed E-state index contributed by atoms with van der Waals surface area (Å²) in [6.07, 6.45) is -0.246. The molecule has 0 amide bonds. The fourth-order valence-electron chi connectivity index (χ4n) is 8.65. The van der Waals surface area contributed by atoms with Crippen LogP contribution < -0.4 is 5.32 Å². The molecular formula is C51H32N4S2. The van der Waals surface area contributed by atoms with Gasteiger partial charge in [-0.2, -0.15) is 0 Å². The lowest BCUT2D eigenvalue weighted by Crippen LogP contribution is -2.33. The molecule has 4 heterocycles. The van der Waals surface area contributed by atoms with Gasteiger partial charge in [-0.1, -0.05) is 133 Å². The van der Waals surface area contributed by atoms with E-state index in [-0.39, 0.29) is 6.17 Å². The number of amidine groups is 2. The van der Waals surface area contributed by atoms with Crippen LogP contribution >= 0.6 is 22.7 Å². The average molecular weight is 765 g/mol. The number of aliphatic imine (C=N–C) groups is 2. The number of thiophene rings is 2. The second-order valence-electron chi connectivity index (χ2n) is 14.6. The van der Waals surface area contributed by atoms with Gasteiger partial charge in [0.05, 0.1) is 11.0 Å². The smallest absolute Gasteiger partial charge is 0.160 e. The standard InChI is InChI=1S/C51H32N4S2/c1-3-13-31(14-4-1)49-52-50(32-15-5-2-6-16-32)54-51(53-49)40-21-11-20-38-41-29-33(25-28-44(41)57-48(38)40)35-19-12-24-45-47(35)39-27-26-34(30-46(39)56-45)55-42-22-9-7-17-36(42)37-18-8-10-23-43(37)55/h1-30,49H,(H,52,53,54). The van der Waals surface area contributed by atoms with Crippen LogP contribution in [-0.4, -0.2) is 16.2 Å². The summed E-state index contributed by atoms with van der Waals surface area (Å²) in [6.45, 7) is 0. The molecule has 0 bridgehead atoms. The molecule has 1 unspecified atom stereocenters. The Balaban J connectivity index is 0.984. The van der Waals surface area contributed by atoms with Crippen LogP contribution in [0.4, 0.5) is 0 Å². The van der Waals surface area contributed by atoms with Gasteiger partial charge in [0.25, 0.3) is 0 Å². The van der Waals surface area contributed by atoms with Crippen molar-refractivity contribution in [3.05, 3.63) is 199 Å². The molecule has 0 spiro atoms. The van der Waals surface area contributed by atoms with Crippen LogP contribution in [0, 0.1) is 0 Å². The van der Waals surface area contributed by atoms with Crippen LogP contribution in [0.25, 0.3) is 79.0 Å². The fraction of sp³-hybridized carbons (Fsp3) is 0.0196. The quantitative estimate of drug-likeness (QED) is 0.186. The maximum absolute atomic E-state index is 5.22. The lowest BCUT2D eigenvalue weighted by atomic mass is 9.97. The van der Waals surface area contributed by atoms with Gasteiger partial charge in [0.2, 0.25) is 0 Å². The first kappa shape index (κ1) is 32.4. The Hall–Kier alpha value is -6.86. The fourth-order valence-corrected chi connectivity index (χ4v) is 11.0. The highest BCUT2D eigenvalue weighted by molar-refractivity contribution is 7.26. The summed E-state index contributed by atoms with van der Waals surface area (Å²) >= 11 is 3.69. The zero-order chi connectivity index (χ0) is 37.5. The number of aromatic nitrogens is 1. The molecule has 1 aliphatic heterocycles. The first-order valence-corrected chi connectivity index (χ1v) is 20.8. The Labute approximate surface area is 336 Å². The molecule has 12 rings (SSSR count). The number of para-hydroxylation sites is 2. The molecule has 0 fully saturated rings. The number of rotatable bonds is 5. The second kappa shape index (κ2) is 12.8. The third-order valence-electron chi connectivity index (χ3n) is 11.3. The Bertz CT molecular complexity index is 3390. The van der Waals surface area contributed by atoms with Crippen molar-refractivity contribution in [2.45, 2.75) is 6.17 Å². The molecule has 3 aromatic heterocycles. The summed E-state index contributed by atoms with van der Waals surface area (Å²) in [5.74, 6) is 1.57. The molecule has 1 atom stereocenters. The van der Waals surface area contributed by atoms with Gasteiger partial charge in [-0.25, -0.2) is 9.98 Å². The van der Waals surface area contributed by atoms with Crippen molar-refractivity contribution in [1.82, 2.24) is 9.88 Å². The van der Waals surface area contributed by atoms with E-state index in [1.54, 1.807) is 0 Å². The van der Waals surface area contributed by atoms with Crippen LogP contribution in [0.3, 0.4) is 0 Å². The predicted molar refractivity (Wildman–Crippen MR) is 244 cm³/mol. The summed E-state index contributed by atoms with van der Waals surface area (Å²) < 4.78 is 7.44. The Kier molecular flexibility index (Phi) is 7.30. The molecule has 1 N–H and O–H groups in total. The first-order valence-electron chi connectivity index (χ1n) is 19.2. The van der Waals surface area contributed by atoms with Gasteiger partial charge in [-0.3, -0.25) is 0 Å². The molecule has 0 saturated carbocycles. The summed E-state index contributed by atoms with van der Waals surface area (Å²) in [5.41, 5.74) is 9.31. The molecule has 0 aliphatic carbocycles. The van der Waals surface area contributed by atoms with Crippen molar-refractivity contribution >= 4 is 96.5 Å². The Morgan fingerprint density at radius 1 is 0.474 bits per heavy atom. The number of fused-ring (bicyclic) bond motifs is 9. The largest absolute Gasteiger partial charge is 0.344 e. The molecular weight excluding hydrogens is 733 g/mol. The minimum absolute atomic E-state index is 0.246. The molecule has 8 aromatic carbocycles. The Morgan fingerprint density at radius 2 is 1.18 bits per heavy atom. The lowest BCUT2D eigenvalue weighted by molar-refractivity contribution is 0.674. The van der Waals surface area contributed by atoms with Gasteiger partial charge < -0.3 is 9.88 Å². The number of hydrogen-bond donors (Lipinski definition) is 1. The van der Waals surface area contributed by atoms with Crippen LogP contribution in [0.15, 0.2) is 192 Å². The van der Waals surface area contributed by atoms with Crippen molar-refractivity contribution in [3.63, 3.8) is 0 Å². The van der Waals surface area contributed by atoms with Gasteiger partial charge in [0.1, 0.15) is 12.0 Å². The molecule has 11 aromatic rings. The minimum atomic E-state index is -0.246. The van der Waals surface area contributed by atoms with E-state index in [1.807, 2.05) is 34.8 Å². The molecule has 0 radical (unpaired) electrons. The SMILES string of the molecule is c1ccc(C2=NC(c3cccc4c3sc3ccc(-c5cccc6sc7cc(-n8c9ccccc9c9ccccc98)ccc7c56)cc34)=NC(c3ccccc3)N2)cc1. The van der Waals surface area contributed by atoms with E-state index in [2.05, 4.69) is 180 Å². The highest BCUT2D eigenvalue weighted by Gasteiger charge is 2.23. The monoisotopic (exact) mass is 764 g/mol. The molecule has 57 heavy (non-hydrogen) atoms. The third kappa shape index (κ3) is 5.18. The highest BCUT2D eigenvalue weighted by Crippen LogP contribution is 2.44. The topological polar surface area (TPSA) is 41.7 Å². The first-order chi connectivity index (χ1) is 28.2. The summed E-state index contributed by atoms with van der Waals surface area (Å²) in [4.78, 5) is 10.4. The molecule has 6 heteroatoms. The maximum atomic E-state index is 5.22. The van der Waals surface area contributed by atoms with Crippen LogP contribution in [0.2, 0.25) is 0 Å². The number of nitrogens with one attached hydrogen (secondary N) is 1. The van der Waals surface area contributed by atoms with Crippen LogP contribution in [0.5, 0.6) is 0 Å². The van der Waals surface area contributed by atoms with Gasteiger partial charge in [0, 0.05) is 67.9 Å². The third-order valence-corrected chi connectivity index (χ3v) is 13.6. The van der Waals surface area contributed by atoms with E-state index < -0.39 is 0 Å². The van der Waals surface area contributed by atoms with Crippen LogP contribution in [-0.2, 0) is 0 Å². The number of hydrogen-bond acceptors (Lipinski definition) is 5. The van der Waals surface area contributed by atoms with Gasteiger partial charge >= 0.3 is 0 Å². The van der Waals surface area contributed by atoms with Crippen molar-refractivity contribution in [1.29, 1.82) is 0 Å². The van der Waals surface area contributed by atoms with Crippen molar-refractivity contribution in [2.75, 3.05) is 0 Å². The second-order valence-corrected chi connectivity index (χ2v) is 16.7. The van der Waals surface area contributed by atoms with Crippen molar-refractivity contribution < 1.29 is 0 Å². The van der Waals surface area contributed by atoms with Gasteiger partial charge in [0.15, 0.2) is 5.84 Å². The van der Waals surface area contributed by atoms with Crippen molar-refractivity contribution in [3.8, 4) is 16.8 Å². The molecule has 268 valence electrons. The van der Waals surface area contributed by atoms with Gasteiger partial charge in [-0.15, -0.1) is 22.7 Å². The normalized spacial score (nSPS) is 14.5. The predicted octanol–water partition coefficient (Wildman–Crippen LogP) is 13.7. The Morgan fingerprint density at radius 3 is 1.98 bits per heavy atom. The maximum Gasteiger partial charge on any atom is 0.160 e. The van der Waals surface area contributed by atoms with E-state index in [1.165, 1.54) is 79.0 Å². The number of nitrogens with zero attached hydrogens (tertiary/aromatic N) is 3. The van der Waals surface area contributed by atoms with Crippen molar-refractivity contribution in [2.24, 2.45) is 9.98 Å². The zero-order valence-corrected chi connectivity index (χ0v) is 32.2. The average Bonchev–Trinajstić information content (AvgIpc) is 3.96. The van der Waals surface area contributed by atoms with E-state index in [0.29, 0.717) is 0 Å². The number of benzene rings is 8.